The molecule has 2 aliphatic carbocycles. The summed E-state index contributed by atoms with van der Waals surface area (Å²) >= 11 is 7.34. The summed E-state index contributed by atoms with van der Waals surface area (Å²) in [6.07, 6.45) is 4.80. The molecule has 2 saturated carbocycles. The normalized spacial score (nSPS) is 32.0. The van der Waals surface area contributed by atoms with E-state index in [1.54, 1.807) is 7.05 Å². The van der Waals surface area contributed by atoms with Crippen LogP contribution in [0.1, 0.15) is 36.7 Å². The minimum Gasteiger partial charge on any atom is -0.386 e. The van der Waals surface area contributed by atoms with Crippen molar-refractivity contribution in [3.63, 3.8) is 0 Å². The first kappa shape index (κ1) is 16.6. The molecule has 2 heterocycles. The maximum Gasteiger partial charge on any atom is 0.191 e. The maximum atomic E-state index is 10.3. The molecule has 4 rings (SSSR count). The third-order valence-electron chi connectivity index (χ3n) is 5.94. The number of fused-ring (bicyclic) bond motifs is 2. The first-order chi connectivity index (χ1) is 11.6. The zero-order chi connectivity index (χ0) is 16.7. The molecule has 5 nitrogen and oxygen atoms in total. The van der Waals surface area contributed by atoms with Gasteiger partial charge in [0, 0.05) is 42.5 Å². The van der Waals surface area contributed by atoms with Crippen molar-refractivity contribution in [2.75, 3.05) is 20.2 Å². The molecule has 0 aromatic carbocycles. The van der Waals surface area contributed by atoms with Crippen LogP contribution >= 0.6 is 22.9 Å². The second-order valence-electron chi connectivity index (χ2n) is 7.06. The number of aliphatic hydroxyl groups is 1. The molecule has 0 bridgehead atoms. The fourth-order valence-corrected chi connectivity index (χ4v) is 5.65. The minimum absolute atomic E-state index is 0.318. The van der Waals surface area contributed by atoms with Gasteiger partial charge in [-0.25, -0.2) is 0 Å². The Hall–Kier alpha value is -0.820. The lowest BCUT2D eigenvalue weighted by molar-refractivity contribution is -0.171. The van der Waals surface area contributed by atoms with E-state index in [1.807, 2.05) is 12.1 Å². The Morgan fingerprint density at radius 2 is 2.38 bits per heavy atom. The Morgan fingerprint density at radius 3 is 3.00 bits per heavy atom. The number of rotatable bonds is 4. The Kier molecular flexibility index (Phi) is 4.49. The average Bonchev–Trinajstić information content (AvgIpc) is 3.13. The molecule has 3 aliphatic rings. The lowest BCUT2D eigenvalue weighted by atomic mass is 9.46. The fourth-order valence-electron chi connectivity index (χ4n) is 4.60. The number of aliphatic hydroxyl groups excluding tert-OH is 1. The topological polar surface area (TPSA) is 65.9 Å². The van der Waals surface area contributed by atoms with E-state index in [1.165, 1.54) is 30.6 Å². The smallest absolute Gasteiger partial charge is 0.191 e. The largest absolute Gasteiger partial charge is 0.386 e. The Labute approximate surface area is 151 Å². The highest BCUT2D eigenvalue weighted by Gasteiger charge is 2.66. The van der Waals surface area contributed by atoms with Crippen LogP contribution in [0, 0.1) is 11.3 Å². The predicted molar refractivity (Wildman–Crippen MR) is 96.7 cm³/mol. The molecule has 3 N–H and O–H groups in total. The predicted octanol–water partition coefficient (Wildman–Crippen LogP) is 2.56. The summed E-state index contributed by atoms with van der Waals surface area (Å²) in [6, 6.07) is 4.12. The summed E-state index contributed by atoms with van der Waals surface area (Å²) in [4.78, 5) is 5.21. The molecule has 1 aromatic rings. The van der Waals surface area contributed by atoms with Gasteiger partial charge in [0.25, 0.3) is 0 Å². The van der Waals surface area contributed by atoms with Gasteiger partial charge in [-0.05, 0) is 31.4 Å². The standard InChI is InChI=1S/C17H24ClN3O2S/c1-19-16(20-9-11(22)12-3-4-13(18)24-12)21-14-10-5-8-23-15(10)17(14)6-2-7-17/h3-4,10-11,14-15,22H,2,5-9H2,1H3,(H2,19,20,21). The van der Waals surface area contributed by atoms with Crippen molar-refractivity contribution < 1.29 is 9.84 Å². The molecule has 4 atom stereocenters. The lowest BCUT2D eigenvalue weighted by Gasteiger charge is -2.63. The van der Waals surface area contributed by atoms with Gasteiger partial charge in [0.05, 0.1) is 10.4 Å². The molecule has 1 aromatic heterocycles. The summed E-state index contributed by atoms with van der Waals surface area (Å²) in [6.45, 7) is 1.31. The van der Waals surface area contributed by atoms with E-state index in [2.05, 4.69) is 15.6 Å². The molecule has 1 aliphatic heterocycles. The summed E-state index contributed by atoms with van der Waals surface area (Å²) < 4.78 is 6.66. The van der Waals surface area contributed by atoms with Crippen LogP contribution in [-0.4, -0.2) is 43.4 Å². The first-order valence-corrected chi connectivity index (χ1v) is 9.85. The van der Waals surface area contributed by atoms with Gasteiger partial charge in [0.2, 0.25) is 0 Å². The van der Waals surface area contributed by atoms with E-state index in [0.717, 1.165) is 23.9 Å². The fraction of sp³-hybridized carbons (Fsp3) is 0.706. The van der Waals surface area contributed by atoms with Gasteiger partial charge < -0.3 is 20.5 Å². The molecule has 4 unspecified atom stereocenters. The number of ether oxygens (including phenoxy) is 1. The Balaban J connectivity index is 1.35. The van der Waals surface area contributed by atoms with Gasteiger partial charge in [-0.15, -0.1) is 11.3 Å². The Morgan fingerprint density at radius 1 is 1.54 bits per heavy atom. The molecular formula is C17H24ClN3O2S. The van der Waals surface area contributed by atoms with Crippen molar-refractivity contribution in [3.05, 3.63) is 21.3 Å². The molecule has 132 valence electrons. The molecule has 0 amide bonds. The monoisotopic (exact) mass is 369 g/mol. The second-order valence-corrected chi connectivity index (χ2v) is 8.81. The van der Waals surface area contributed by atoms with E-state index < -0.39 is 6.10 Å². The van der Waals surface area contributed by atoms with Crippen LogP contribution in [-0.2, 0) is 4.74 Å². The number of guanidine groups is 1. The van der Waals surface area contributed by atoms with Crippen LogP contribution in [0.4, 0.5) is 0 Å². The number of halogens is 1. The summed E-state index contributed by atoms with van der Waals surface area (Å²) in [7, 11) is 1.78. The van der Waals surface area contributed by atoms with Gasteiger partial charge in [0.15, 0.2) is 5.96 Å². The average molecular weight is 370 g/mol. The highest BCUT2D eigenvalue weighted by Crippen LogP contribution is 2.62. The number of aliphatic imine (C=N–C) groups is 1. The van der Waals surface area contributed by atoms with E-state index in [4.69, 9.17) is 16.3 Å². The number of nitrogens with one attached hydrogen (secondary N) is 2. The highest BCUT2D eigenvalue weighted by atomic mass is 35.5. The van der Waals surface area contributed by atoms with Crippen molar-refractivity contribution in [2.24, 2.45) is 16.3 Å². The van der Waals surface area contributed by atoms with Crippen molar-refractivity contribution in [1.82, 2.24) is 10.6 Å². The van der Waals surface area contributed by atoms with Gasteiger partial charge in [-0.1, -0.05) is 18.0 Å². The van der Waals surface area contributed by atoms with E-state index in [9.17, 15) is 5.11 Å². The van der Waals surface area contributed by atoms with Crippen LogP contribution in [0.3, 0.4) is 0 Å². The van der Waals surface area contributed by atoms with Crippen LogP contribution in [0.15, 0.2) is 17.1 Å². The van der Waals surface area contributed by atoms with Crippen LogP contribution in [0.2, 0.25) is 4.34 Å². The number of hydrogen-bond acceptors (Lipinski definition) is 4. The van der Waals surface area contributed by atoms with Gasteiger partial charge in [-0.2, -0.15) is 0 Å². The zero-order valence-electron chi connectivity index (χ0n) is 13.8. The van der Waals surface area contributed by atoms with Crippen molar-refractivity contribution in [3.8, 4) is 0 Å². The summed E-state index contributed by atoms with van der Waals surface area (Å²) in [5, 5.41) is 17.1. The molecular weight excluding hydrogens is 346 g/mol. The lowest BCUT2D eigenvalue weighted by Crippen LogP contribution is -2.72. The third kappa shape index (κ3) is 2.64. The van der Waals surface area contributed by atoms with E-state index >= 15 is 0 Å². The number of thiophene rings is 1. The SMILES string of the molecule is CN=C(NCC(O)c1ccc(Cl)s1)NC1C2CCOC2C12CCC2. The first-order valence-electron chi connectivity index (χ1n) is 8.66. The summed E-state index contributed by atoms with van der Waals surface area (Å²) in [5.41, 5.74) is 0.318. The van der Waals surface area contributed by atoms with E-state index in [-0.39, 0.29) is 0 Å². The van der Waals surface area contributed by atoms with Crippen LogP contribution in [0.25, 0.3) is 0 Å². The van der Waals surface area contributed by atoms with Crippen molar-refractivity contribution >= 4 is 28.9 Å². The highest BCUT2D eigenvalue weighted by molar-refractivity contribution is 7.16. The number of nitrogens with zero attached hydrogens (tertiary/aromatic N) is 1. The van der Waals surface area contributed by atoms with Crippen LogP contribution < -0.4 is 10.6 Å². The van der Waals surface area contributed by atoms with Crippen molar-refractivity contribution in [2.45, 2.75) is 43.9 Å². The third-order valence-corrected chi connectivity index (χ3v) is 7.27. The second kappa shape index (κ2) is 6.48. The number of hydrogen-bond donors (Lipinski definition) is 3. The molecule has 3 fully saturated rings. The molecule has 1 spiro atoms. The molecule has 1 saturated heterocycles. The molecule has 0 radical (unpaired) electrons. The Bertz CT molecular complexity index is 631. The molecule has 7 heteroatoms. The summed E-state index contributed by atoms with van der Waals surface area (Å²) in [5.74, 6) is 1.36. The van der Waals surface area contributed by atoms with Crippen LogP contribution in [0.5, 0.6) is 0 Å². The minimum atomic E-state index is -0.581. The van der Waals surface area contributed by atoms with Gasteiger partial charge in [-0.3, -0.25) is 4.99 Å². The van der Waals surface area contributed by atoms with E-state index in [0.29, 0.717) is 34.4 Å². The van der Waals surface area contributed by atoms with Crippen molar-refractivity contribution in [1.29, 1.82) is 0 Å². The van der Waals surface area contributed by atoms with Gasteiger partial charge in [0.1, 0.15) is 6.10 Å². The zero-order valence-corrected chi connectivity index (χ0v) is 15.4. The quantitative estimate of drug-likeness (QED) is 0.563. The maximum absolute atomic E-state index is 10.3. The molecule has 24 heavy (non-hydrogen) atoms. The van der Waals surface area contributed by atoms with Gasteiger partial charge >= 0.3 is 0 Å².